The molecule has 1 amide bonds. The summed E-state index contributed by atoms with van der Waals surface area (Å²) in [4.78, 5) is 28.7. The molecule has 0 unspecified atom stereocenters. The lowest BCUT2D eigenvalue weighted by Crippen LogP contribution is -2.40. The van der Waals surface area contributed by atoms with Crippen molar-refractivity contribution in [1.82, 2.24) is 29.6 Å². The van der Waals surface area contributed by atoms with Crippen LogP contribution in [-0.2, 0) is 11.8 Å². The maximum atomic E-state index is 12.6. The van der Waals surface area contributed by atoms with Gasteiger partial charge in [0, 0.05) is 43.5 Å². The minimum atomic E-state index is -0.0544. The summed E-state index contributed by atoms with van der Waals surface area (Å²) in [5.41, 5.74) is 3.15. The summed E-state index contributed by atoms with van der Waals surface area (Å²) in [6, 6.07) is 5.83. The average molecular weight is 380 g/mol. The molecule has 0 aliphatic carbocycles. The first-order valence-electron chi connectivity index (χ1n) is 8.62. The van der Waals surface area contributed by atoms with Gasteiger partial charge in [-0.05, 0) is 18.2 Å². The molecule has 0 saturated carbocycles. The number of nitrogens with zero attached hydrogens (tertiary/aromatic N) is 6. The molecule has 4 aromatic heterocycles. The van der Waals surface area contributed by atoms with Crippen LogP contribution in [0.2, 0.25) is 0 Å². The summed E-state index contributed by atoms with van der Waals surface area (Å²) in [6.07, 6.45) is 3.69. The molecule has 1 aliphatic heterocycles. The first kappa shape index (κ1) is 16.3. The highest BCUT2D eigenvalue weighted by atomic mass is 32.1. The summed E-state index contributed by atoms with van der Waals surface area (Å²) in [5.74, 6) is -0.0544. The number of amides is 1. The fourth-order valence-corrected chi connectivity index (χ4v) is 4.05. The van der Waals surface area contributed by atoms with Gasteiger partial charge in [0.15, 0.2) is 10.7 Å². The second-order valence-corrected chi connectivity index (χ2v) is 7.36. The fourth-order valence-electron chi connectivity index (χ4n) is 3.14. The third-order valence-electron chi connectivity index (χ3n) is 4.51. The predicted octanol–water partition coefficient (Wildman–Crippen LogP) is 2.11. The molecule has 0 spiro atoms. The summed E-state index contributed by atoms with van der Waals surface area (Å²) < 4.78 is 7.05. The number of fused-ring (bicyclic) bond motifs is 2. The molecule has 1 saturated heterocycles. The summed E-state index contributed by atoms with van der Waals surface area (Å²) in [6.45, 7) is 2.35. The number of rotatable bonds is 2. The lowest BCUT2D eigenvalue weighted by atomic mass is 10.1. The summed E-state index contributed by atoms with van der Waals surface area (Å²) in [5, 5.41) is 5.72. The monoisotopic (exact) mass is 380 g/mol. The predicted molar refractivity (Wildman–Crippen MR) is 102 cm³/mol. The Balaban J connectivity index is 1.50. The molecule has 4 aromatic rings. The molecule has 0 bridgehead atoms. The Morgan fingerprint density at radius 3 is 2.93 bits per heavy atom. The second kappa shape index (κ2) is 6.36. The lowest BCUT2D eigenvalue weighted by Gasteiger charge is -2.25. The van der Waals surface area contributed by atoms with Crippen molar-refractivity contribution in [3.05, 3.63) is 35.6 Å². The molecule has 136 valence electrons. The third kappa shape index (κ3) is 2.94. The Morgan fingerprint density at radius 2 is 2.07 bits per heavy atom. The van der Waals surface area contributed by atoms with Crippen molar-refractivity contribution >= 4 is 38.6 Å². The minimum absolute atomic E-state index is 0.0544. The number of thiazole rings is 1. The highest BCUT2D eigenvalue weighted by Crippen LogP contribution is 2.27. The van der Waals surface area contributed by atoms with Crippen molar-refractivity contribution in [3.63, 3.8) is 0 Å². The van der Waals surface area contributed by atoms with Crippen LogP contribution in [0.5, 0.6) is 0 Å². The van der Waals surface area contributed by atoms with Gasteiger partial charge < -0.3 is 9.64 Å². The number of pyridine rings is 2. The standard InChI is InChI=1S/C18H16N6O2S/c1-23-10-12-8-11(9-19-15(12)22-23)13-2-3-14-16(20-13)27-17(21-14)18(25)24-4-6-26-7-5-24/h2-3,8-10H,4-7H2,1H3. The number of hydrogen-bond acceptors (Lipinski definition) is 7. The van der Waals surface area contributed by atoms with E-state index >= 15 is 0 Å². The quantitative estimate of drug-likeness (QED) is 0.529. The van der Waals surface area contributed by atoms with E-state index in [-0.39, 0.29) is 5.91 Å². The van der Waals surface area contributed by atoms with Gasteiger partial charge in [0.1, 0.15) is 10.3 Å². The van der Waals surface area contributed by atoms with Gasteiger partial charge in [0.25, 0.3) is 5.91 Å². The van der Waals surface area contributed by atoms with Gasteiger partial charge >= 0.3 is 0 Å². The summed E-state index contributed by atoms with van der Waals surface area (Å²) >= 11 is 1.32. The Morgan fingerprint density at radius 1 is 1.22 bits per heavy atom. The molecule has 5 heterocycles. The number of carbonyl (C=O) groups excluding carboxylic acids is 1. The van der Waals surface area contributed by atoms with E-state index in [1.807, 2.05) is 31.4 Å². The largest absolute Gasteiger partial charge is 0.378 e. The zero-order chi connectivity index (χ0) is 18.4. The molecule has 27 heavy (non-hydrogen) atoms. The van der Waals surface area contributed by atoms with Crippen molar-refractivity contribution in [2.24, 2.45) is 7.05 Å². The van der Waals surface area contributed by atoms with Gasteiger partial charge in [-0.2, -0.15) is 5.10 Å². The first-order valence-corrected chi connectivity index (χ1v) is 9.43. The van der Waals surface area contributed by atoms with E-state index in [1.165, 1.54) is 11.3 Å². The van der Waals surface area contributed by atoms with Gasteiger partial charge in [-0.15, -0.1) is 0 Å². The van der Waals surface area contributed by atoms with E-state index in [9.17, 15) is 4.79 Å². The van der Waals surface area contributed by atoms with Gasteiger partial charge in [0.2, 0.25) is 0 Å². The van der Waals surface area contributed by atoms with Crippen LogP contribution < -0.4 is 0 Å². The minimum Gasteiger partial charge on any atom is -0.378 e. The molecule has 8 nitrogen and oxygen atoms in total. The van der Waals surface area contributed by atoms with Crippen molar-refractivity contribution in [2.75, 3.05) is 26.3 Å². The molecule has 0 aromatic carbocycles. The lowest BCUT2D eigenvalue weighted by molar-refractivity contribution is 0.0303. The number of carbonyl (C=O) groups is 1. The Bertz CT molecular complexity index is 1160. The molecule has 1 fully saturated rings. The van der Waals surface area contributed by atoms with E-state index in [1.54, 1.807) is 15.8 Å². The topological polar surface area (TPSA) is 86.0 Å². The average Bonchev–Trinajstić information content (AvgIpc) is 3.29. The number of aromatic nitrogens is 5. The van der Waals surface area contributed by atoms with Gasteiger partial charge in [-0.25, -0.2) is 15.0 Å². The normalized spacial score (nSPS) is 14.9. The van der Waals surface area contributed by atoms with Crippen LogP contribution in [-0.4, -0.2) is 61.8 Å². The van der Waals surface area contributed by atoms with E-state index in [0.29, 0.717) is 37.0 Å². The molecule has 9 heteroatoms. The molecular weight excluding hydrogens is 364 g/mol. The Labute approximate surface area is 158 Å². The van der Waals surface area contributed by atoms with E-state index in [0.717, 1.165) is 27.0 Å². The maximum Gasteiger partial charge on any atom is 0.283 e. The van der Waals surface area contributed by atoms with Crippen LogP contribution in [0, 0.1) is 0 Å². The SMILES string of the molecule is Cn1cc2cc(-c3ccc4nc(C(=O)N5CCOCC5)sc4n3)cnc2n1. The van der Waals surface area contributed by atoms with Crippen LogP contribution >= 0.6 is 11.3 Å². The molecular formula is C18H16N6O2S. The second-order valence-electron chi connectivity index (χ2n) is 6.38. The molecule has 0 radical (unpaired) electrons. The Hall–Kier alpha value is -2.91. The van der Waals surface area contributed by atoms with Crippen LogP contribution in [0.15, 0.2) is 30.6 Å². The van der Waals surface area contributed by atoms with Crippen molar-refractivity contribution in [3.8, 4) is 11.3 Å². The number of morpholine rings is 1. The van der Waals surface area contributed by atoms with Crippen LogP contribution in [0.25, 0.3) is 32.6 Å². The third-order valence-corrected chi connectivity index (χ3v) is 5.46. The van der Waals surface area contributed by atoms with Gasteiger partial charge in [-0.1, -0.05) is 11.3 Å². The van der Waals surface area contributed by atoms with E-state index in [2.05, 4.69) is 15.1 Å². The molecule has 0 N–H and O–H groups in total. The molecule has 5 rings (SSSR count). The fraction of sp³-hybridized carbons (Fsp3) is 0.278. The highest BCUT2D eigenvalue weighted by Gasteiger charge is 2.22. The Kier molecular flexibility index (Phi) is 3.83. The zero-order valence-electron chi connectivity index (χ0n) is 14.6. The number of aryl methyl sites for hydroxylation is 1. The van der Waals surface area contributed by atoms with Crippen molar-refractivity contribution in [2.45, 2.75) is 0 Å². The highest BCUT2D eigenvalue weighted by molar-refractivity contribution is 7.19. The maximum absolute atomic E-state index is 12.6. The van der Waals surface area contributed by atoms with Crippen molar-refractivity contribution in [1.29, 1.82) is 0 Å². The van der Waals surface area contributed by atoms with Crippen LogP contribution in [0.3, 0.4) is 0 Å². The zero-order valence-corrected chi connectivity index (χ0v) is 15.4. The summed E-state index contributed by atoms with van der Waals surface area (Å²) in [7, 11) is 1.87. The van der Waals surface area contributed by atoms with E-state index in [4.69, 9.17) is 9.72 Å². The van der Waals surface area contributed by atoms with Crippen LogP contribution in [0.1, 0.15) is 9.80 Å². The smallest absolute Gasteiger partial charge is 0.283 e. The van der Waals surface area contributed by atoms with Gasteiger partial charge in [-0.3, -0.25) is 9.48 Å². The number of ether oxygens (including phenoxy) is 1. The van der Waals surface area contributed by atoms with Crippen molar-refractivity contribution < 1.29 is 9.53 Å². The molecule has 0 atom stereocenters. The van der Waals surface area contributed by atoms with Gasteiger partial charge in [0.05, 0.1) is 18.9 Å². The molecule has 1 aliphatic rings. The van der Waals surface area contributed by atoms with Crippen LogP contribution in [0.4, 0.5) is 0 Å². The number of hydrogen-bond donors (Lipinski definition) is 0. The van der Waals surface area contributed by atoms with E-state index < -0.39 is 0 Å². The first-order chi connectivity index (χ1) is 13.2.